The zero-order valence-electron chi connectivity index (χ0n) is 11.7. The van der Waals surface area contributed by atoms with Gasteiger partial charge in [0.25, 0.3) is 0 Å². The van der Waals surface area contributed by atoms with E-state index in [-0.39, 0.29) is 11.5 Å². The van der Waals surface area contributed by atoms with Crippen molar-refractivity contribution in [3.63, 3.8) is 0 Å². The van der Waals surface area contributed by atoms with Crippen molar-refractivity contribution in [2.45, 2.75) is 26.6 Å². The van der Waals surface area contributed by atoms with Gasteiger partial charge in [0.05, 0.1) is 0 Å². The normalized spacial score (nSPS) is 20.1. The first-order valence-corrected chi connectivity index (χ1v) is 6.61. The van der Waals surface area contributed by atoms with Crippen molar-refractivity contribution in [3.8, 4) is 11.5 Å². The summed E-state index contributed by atoms with van der Waals surface area (Å²) in [5.41, 5.74) is 1.33. The van der Waals surface area contributed by atoms with Crippen LogP contribution in [0, 0.1) is 0 Å². The molecular formula is C16H16O4. The third kappa shape index (κ3) is 1.61. The summed E-state index contributed by atoms with van der Waals surface area (Å²) in [5, 5.41) is 11.4. The molecule has 104 valence electrons. The number of ketones is 1. The Balaban J connectivity index is 2.38. The Hall–Kier alpha value is -2.07. The molecular weight excluding hydrogens is 256 g/mol. The summed E-state index contributed by atoms with van der Waals surface area (Å²) in [6, 6.07) is 6.81. The van der Waals surface area contributed by atoms with Gasteiger partial charge in [-0.25, -0.2) is 0 Å². The van der Waals surface area contributed by atoms with E-state index in [0.717, 1.165) is 10.9 Å². The minimum atomic E-state index is -0.877. The van der Waals surface area contributed by atoms with Gasteiger partial charge in [-0.3, -0.25) is 4.79 Å². The minimum absolute atomic E-state index is 0.0835. The average molecular weight is 272 g/mol. The maximum absolute atomic E-state index is 11.8. The highest BCUT2D eigenvalue weighted by atomic mass is 16.7. The zero-order chi connectivity index (χ0) is 14.5. The topological polar surface area (TPSA) is 55.8 Å². The highest BCUT2D eigenvalue weighted by Crippen LogP contribution is 2.48. The largest absolute Gasteiger partial charge is 0.507 e. The van der Waals surface area contributed by atoms with Crippen LogP contribution in [-0.2, 0) is 10.5 Å². The van der Waals surface area contributed by atoms with Crippen LogP contribution in [0.15, 0.2) is 24.3 Å². The molecule has 1 aliphatic rings. The summed E-state index contributed by atoms with van der Waals surface area (Å²) in [6.07, 6.45) is 0. The summed E-state index contributed by atoms with van der Waals surface area (Å²) >= 11 is 0. The van der Waals surface area contributed by atoms with E-state index in [1.165, 1.54) is 6.92 Å². The molecule has 0 spiro atoms. The molecule has 0 fully saturated rings. The van der Waals surface area contributed by atoms with Gasteiger partial charge in [-0.05, 0) is 38.1 Å². The molecule has 1 atom stereocenters. The third-order valence-electron chi connectivity index (χ3n) is 3.69. The highest BCUT2D eigenvalue weighted by Gasteiger charge is 2.39. The Bertz CT molecular complexity index is 720. The first kappa shape index (κ1) is 12.9. The fourth-order valence-corrected chi connectivity index (χ4v) is 2.85. The summed E-state index contributed by atoms with van der Waals surface area (Å²) in [5.74, 6) is -0.251. The predicted molar refractivity (Wildman–Crippen MR) is 75.2 cm³/mol. The third-order valence-corrected chi connectivity index (χ3v) is 3.69. The highest BCUT2D eigenvalue weighted by molar-refractivity contribution is 6.12. The molecule has 0 radical (unpaired) electrons. The van der Waals surface area contributed by atoms with E-state index >= 15 is 0 Å². The molecule has 1 N–H and O–H groups in total. The van der Waals surface area contributed by atoms with Gasteiger partial charge in [0.2, 0.25) is 5.79 Å². The maximum Gasteiger partial charge on any atom is 0.235 e. The van der Waals surface area contributed by atoms with Gasteiger partial charge in [-0.15, -0.1) is 0 Å². The molecule has 2 aromatic carbocycles. The van der Waals surface area contributed by atoms with Gasteiger partial charge in [-0.1, -0.05) is 0 Å². The molecule has 4 heteroatoms. The van der Waals surface area contributed by atoms with Crippen LogP contribution in [0.3, 0.4) is 0 Å². The number of rotatable bonds is 3. The van der Waals surface area contributed by atoms with Crippen molar-refractivity contribution in [2.75, 3.05) is 6.61 Å². The van der Waals surface area contributed by atoms with Crippen molar-refractivity contribution in [1.82, 2.24) is 0 Å². The lowest BCUT2D eigenvalue weighted by Gasteiger charge is -2.25. The number of phenols is 1. The number of hydrogen-bond donors (Lipinski definition) is 1. The zero-order valence-corrected chi connectivity index (χ0v) is 11.7. The molecule has 0 saturated heterocycles. The van der Waals surface area contributed by atoms with Gasteiger partial charge in [0, 0.05) is 35.4 Å². The number of phenolic OH excluding ortho intramolecular Hbond substituents is 1. The van der Waals surface area contributed by atoms with Gasteiger partial charge in [0.15, 0.2) is 5.78 Å². The number of benzene rings is 2. The minimum Gasteiger partial charge on any atom is -0.507 e. The Morgan fingerprint density at radius 1 is 1.30 bits per heavy atom. The van der Waals surface area contributed by atoms with Crippen LogP contribution in [0.1, 0.15) is 36.7 Å². The Morgan fingerprint density at radius 3 is 2.70 bits per heavy atom. The van der Waals surface area contributed by atoms with Crippen molar-refractivity contribution >= 4 is 16.6 Å². The molecule has 2 aromatic rings. The summed E-state index contributed by atoms with van der Waals surface area (Å²) in [6.45, 7) is 5.74. The van der Waals surface area contributed by atoms with E-state index in [1.807, 2.05) is 13.8 Å². The lowest BCUT2D eigenvalue weighted by Crippen LogP contribution is -2.29. The van der Waals surface area contributed by atoms with Gasteiger partial charge in [0.1, 0.15) is 11.5 Å². The van der Waals surface area contributed by atoms with Gasteiger partial charge in [-0.2, -0.15) is 0 Å². The lowest BCUT2D eigenvalue weighted by molar-refractivity contribution is -0.167. The fourth-order valence-electron chi connectivity index (χ4n) is 2.85. The lowest BCUT2D eigenvalue weighted by atomic mass is 9.95. The number of ether oxygens (including phenoxy) is 2. The second-order valence-corrected chi connectivity index (χ2v) is 5.03. The van der Waals surface area contributed by atoms with Crippen LogP contribution in [-0.4, -0.2) is 17.5 Å². The van der Waals surface area contributed by atoms with E-state index in [2.05, 4.69) is 0 Å². The first-order valence-electron chi connectivity index (χ1n) is 6.61. The first-order chi connectivity index (χ1) is 9.48. The molecule has 1 aliphatic heterocycles. The summed E-state index contributed by atoms with van der Waals surface area (Å²) in [7, 11) is 0. The van der Waals surface area contributed by atoms with Crippen molar-refractivity contribution in [2.24, 2.45) is 0 Å². The van der Waals surface area contributed by atoms with E-state index in [4.69, 9.17) is 9.47 Å². The molecule has 0 saturated carbocycles. The summed E-state index contributed by atoms with van der Waals surface area (Å²) in [4.78, 5) is 11.8. The van der Waals surface area contributed by atoms with Crippen LogP contribution >= 0.6 is 0 Å². The Labute approximate surface area is 116 Å². The molecule has 4 nitrogen and oxygen atoms in total. The van der Waals surface area contributed by atoms with Crippen LogP contribution in [0.25, 0.3) is 10.8 Å². The van der Waals surface area contributed by atoms with E-state index in [0.29, 0.717) is 23.3 Å². The fraction of sp³-hybridized carbons (Fsp3) is 0.312. The second-order valence-electron chi connectivity index (χ2n) is 5.03. The number of hydrogen-bond acceptors (Lipinski definition) is 4. The van der Waals surface area contributed by atoms with Crippen LogP contribution < -0.4 is 4.74 Å². The number of Topliss-reactive ketones (excluding diaryl/α,β-unsaturated/α-hetero) is 1. The summed E-state index contributed by atoms with van der Waals surface area (Å²) < 4.78 is 11.6. The SMILES string of the molecule is CCOC1(C)Oc2ccc(C(C)=O)c3c(O)ccc1c23. The van der Waals surface area contributed by atoms with E-state index in [1.54, 1.807) is 24.3 Å². The molecule has 20 heavy (non-hydrogen) atoms. The molecule has 1 unspecified atom stereocenters. The molecule has 0 amide bonds. The number of carbonyl (C=O) groups is 1. The van der Waals surface area contributed by atoms with Crippen LogP contribution in [0.5, 0.6) is 11.5 Å². The smallest absolute Gasteiger partial charge is 0.235 e. The average Bonchev–Trinajstić information content (AvgIpc) is 2.67. The molecule has 1 heterocycles. The Morgan fingerprint density at radius 2 is 2.05 bits per heavy atom. The van der Waals surface area contributed by atoms with E-state index < -0.39 is 5.79 Å². The van der Waals surface area contributed by atoms with Crippen molar-refractivity contribution < 1.29 is 19.4 Å². The number of aromatic hydroxyl groups is 1. The molecule has 0 aromatic heterocycles. The van der Waals surface area contributed by atoms with Crippen LogP contribution in [0.4, 0.5) is 0 Å². The van der Waals surface area contributed by atoms with Crippen molar-refractivity contribution in [1.29, 1.82) is 0 Å². The maximum atomic E-state index is 11.8. The van der Waals surface area contributed by atoms with Crippen LogP contribution in [0.2, 0.25) is 0 Å². The van der Waals surface area contributed by atoms with E-state index in [9.17, 15) is 9.90 Å². The molecule has 0 aliphatic carbocycles. The standard InChI is InChI=1S/C16H16O4/c1-4-19-16(3)11-6-7-12(18)14-10(9(2)17)5-8-13(20-16)15(11)14/h5-8,18H,4H2,1-3H3. The second kappa shape index (κ2) is 4.21. The quantitative estimate of drug-likeness (QED) is 0.870. The predicted octanol–water partition coefficient (Wildman–Crippen LogP) is 3.35. The van der Waals surface area contributed by atoms with Gasteiger partial charge >= 0.3 is 0 Å². The van der Waals surface area contributed by atoms with Gasteiger partial charge < -0.3 is 14.6 Å². The van der Waals surface area contributed by atoms with Crippen molar-refractivity contribution in [3.05, 3.63) is 35.4 Å². The molecule has 0 bridgehead atoms. The monoisotopic (exact) mass is 272 g/mol. The Kier molecular flexibility index (Phi) is 2.73. The number of carbonyl (C=O) groups excluding carboxylic acids is 1. The molecule has 3 rings (SSSR count).